The molecule has 1 amide bonds. The predicted molar refractivity (Wildman–Crippen MR) is 96.7 cm³/mol. The molecule has 7 heteroatoms. The molecule has 0 unspecified atom stereocenters. The number of benzene rings is 1. The summed E-state index contributed by atoms with van der Waals surface area (Å²) in [7, 11) is 0. The first-order valence-corrected chi connectivity index (χ1v) is 9.25. The highest BCUT2D eigenvalue weighted by molar-refractivity contribution is 5.82. The van der Waals surface area contributed by atoms with E-state index in [9.17, 15) is 4.79 Å². The monoisotopic (exact) mass is 350 g/mol. The number of imidazole rings is 1. The summed E-state index contributed by atoms with van der Waals surface area (Å²) in [5.74, 6) is 3.62. The van der Waals surface area contributed by atoms with E-state index in [0.717, 1.165) is 40.6 Å². The molecule has 7 nitrogen and oxygen atoms in total. The van der Waals surface area contributed by atoms with Gasteiger partial charge < -0.3 is 14.5 Å². The lowest BCUT2D eigenvalue weighted by Gasteiger charge is -2.32. The zero-order valence-corrected chi connectivity index (χ0v) is 15.1. The first kappa shape index (κ1) is 15.5. The maximum absolute atomic E-state index is 12.9. The minimum Gasteiger partial charge on any atom is -0.342 e. The molecule has 1 fully saturated rings. The van der Waals surface area contributed by atoms with Crippen LogP contribution in [0.3, 0.4) is 0 Å². The van der Waals surface area contributed by atoms with Gasteiger partial charge in [0.05, 0.1) is 30.0 Å². The van der Waals surface area contributed by atoms with Crippen molar-refractivity contribution in [2.75, 3.05) is 6.54 Å². The Morgan fingerprint density at radius 3 is 2.96 bits per heavy atom. The van der Waals surface area contributed by atoms with Crippen LogP contribution >= 0.6 is 0 Å². The average molecular weight is 350 g/mol. The van der Waals surface area contributed by atoms with E-state index >= 15 is 0 Å². The first-order chi connectivity index (χ1) is 12.6. The van der Waals surface area contributed by atoms with Crippen molar-refractivity contribution in [3.05, 3.63) is 41.2 Å². The van der Waals surface area contributed by atoms with Gasteiger partial charge in [-0.25, -0.2) is 4.98 Å². The zero-order valence-electron chi connectivity index (χ0n) is 15.1. The van der Waals surface area contributed by atoms with Crippen molar-refractivity contribution in [1.29, 1.82) is 0 Å². The Hall–Kier alpha value is -2.70. The lowest BCUT2D eigenvalue weighted by atomic mass is 10.1. The van der Waals surface area contributed by atoms with E-state index in [0.29, 0.717) is 18.9 Å². The van der Waals surface area contributed by atoms with E-state index in [2.05, 4.69) is 31.7 Å². The fraction of sp³-hybridized carbons (Fsp3) is 0.474. The van der Waals surface area contributed by atoms with E-state index in [1.165, 1.54) is 12.8 Å². The van der Waals surface area contributed by atoms with Crippen LogP contribution in [0, 0.1) is 6.92 Å². The van der Waals surface area contributed by atoms with Gasteiger partial charge in [0.15, 0.2) is 5.82 Å². The maximum Gasteiger partial charge on any atom is 0.227 e. The smallest absolute Gasteiger partial charge is 0.227 e. The molecule has 2 aliphatic rings. The van der Waals surface area contributed by atoms with Crippen LogP contribution in [0.2, 0.25) is 0 Å². The van der Waals surface area contributed by atoms with Crippen molar-refractivity contribution in [2.45, 2.75) is 51.6 Å². The molecule has 0 radical (unpaired) electrons. The molecule has 1 aromatic carbocycles. The number of amides is 1. The largest absolute Gasteiger partial charge is 0.342 e. The van der Waals surface area contributed by atoms with E-state index in [1.807, 2.05) is 30.0 Å². The summed E-state index contributed by atoms with van der Waals surface area (Å²) in [6.45, 7) is 5.35. The summed E-state index contributed by atoms with van der Waals surface area (Å²) >= 11 is 0. The normalized spacial score (nSPS) is 19.8. The molecule has 3 heterocycles. The topological polar surface area (TPSA) is 79.7 Å². The third-order valence-electron chi connectivity index (χ3n) is 5.37. The lowest BCUT2D eigenvalue weighted by molar-refractivity contribution is -0.132. The first-order valence-electron chi connectivity index (χ1n) is 9.25. The molecule has 3 aromatic rings. The Kier molecular flexibility index (Phi) is 3.38. The van der Waals surface area contributed by atoms with Crippen LogP contribution in [-0.2, 0) is 17.8 Å². The lowest BCUT2D eigenvalue weighted by Crippen LogP contribution is -2.41. The van der Waals surface area contributed by atoms with Crippen LogP contribution in [0.4, 0.5) is 0 Å². The highest BCUT2D eigenvalue weighted by Gasteiger charge is 2.35. The van der Waals surface area contributed by atoms with Crippen LogP contribution in [0.5, 0.6) is 0 Å². The number of H-pyrrole nitrogens is 1. The van der Waals surface area contributed by atoms with Crippen molar-refractivity contribution in [3.8, 4) is 0 Å². The Labute approximate surface area is 151 Å². The van der Waals surface area contributed by atoms with Gasteiger partial charge in [0.25, 0.3) is 0 Å². The summed E-state index contributed by atoms with van der Waals surface area (Å²) in [6.07, 6.45) is 2.82. The van der Waals surface area contributed by atoms with E-state index in [4.69, 9.17) is 0 Å². The number of hydrogen-bond acceptors (Lipinski definition) is 4. The standard InChI is InChI=1S/C19H22N6O/c1-11-9-24(10-17-22-23-19(25(11)17)14-4-5-14)18(26)8-13-3-6-15-16(7-13)21-12(2)20-15/h3,6-7,11,14H,4-5,8-10H2,1-2H3,(H,20,21)/t11-/m0/s1. The molecule has 1 aliphatic heterocycles. The fourth-order valence-corrected chi connectivity index (χ4v) is 3.95. The summed E-state index contributed by atoms with van der Waals surface area (Å²) in [4.78, 5) is 22.4. The molecule has 0 saturated heterocycles. The van der Waals surface area contributed by atoms with Crippen molar-refractivity contribution < 1.29 is 4.79 Å². The number of carbonyl (C=O) groups excluding carboxylic acids is 1. The molecule has 26 heavy (non-hydrogen) atoms. The minimum absolute atomic E-state index is 0.134. The molecule has 1 atom stereocenters. The van der Waals surface area contributed by atoms with Gasteiger partial charge in [0.2, 0.25) is 5.91 Å². The van der Waals surface area contributed by atoms with Gasteiger partial charge in [-0.1, -0.05) is 6.07 Å². The number of nitrogens with one attached hydrogen (secondary N) is 1. The summed E-state index contributed by atoms with van der Waals surface area (Å²) in [5.41, 5.74) is 2.92. The molecule has 2 aromatic heterocycles. The maximum atomic E-state index is 12.9. The number of aromatic amines is 1. The van der Waals surface area contributed by atoms with Crippen molar-refractivity contribution >= 4 is 16.9 Å². The molecule has 5 rings (SSSR count). The van der Waals surface area contributed by atoms with Gasteiger partial charge in [0, 0.05) is 12.5 Å². The number of aromatic nitrogens is 5. The highest BCUT2D eigenvalue weighted by atomic mass is 16.2. The van der Waals surface area contributed by atoms with Gasteiger partial charge >= 0.3 is 0 Å². The number of carbonyl (C=O) groups is 1. The summed E-state index contributed by atoms with van der Waals surface area (Å²) in [5, 5.41) is 8.75. The molecule has 1 N–H and O–H groups in total. The van der Waals surface area contributed by atoms with Crippen molar-refractivity contribution in [2.24, 2.45) is 0 Å². The summed E-state index contributed by atoms with van der Waals surface area (Å²) in [6, 6.07) is 6.21. The number of rotatable bonds is 3. The highest BCUT2D eigenvalue weighted by Crippen LogP contribution is 2.41. The number of nitrogens with zero attached hydrogens (tertiary/aromatic N) is 5. The molecule has 0 bridgehead atoms. The third kappa shape index (κ3) is 2.58. The molecule has 0 spiro atoms. The van der Waals surface area contributed by atoms with Crippen molar-refractivity contribution in [1.82, 2.24) is 29.6 Å². The SMILES string of the molecule is Cc1nc2ccc(CC(=O)N3Cc4nnc(C5CC5)n4[C@@H](C)C3)cc2[nH]1. The molecular formula is C19H22N6O. The number of fused-ring (bicyclic) bond motifs is 2. The summed E-state index contributed by atoms with van der Waals surface area (Å²) < 4.78 is 2.25. The van der Waals surface area contributed by atoms with Gasteiger partial charge in [-0.05, 0) is 44.4 Å². The zero-order chi connectivity index (χ0) is 17.8. The predicted octanol–water partition coefficient (Wildman–Crippen LogP) is 2.49. The van der Waals surface area contributed by atoms with Crippen molar-refractivity contribution in [3.63, 3.8) is 0 Å². The van der Waals surface area contributed by atoms with Crippen LogP contribution in [0.25, 0.3) is 11.0 Å². The van der Waals surface area contributed by atoms with Crippen LogP contribution in [0.1, 0.15) is 54.8 Å². The Morgan fingerprint density at radius 1 is 1.31 bits per heavy atom. The van der Waals surface area contributed by atoms with Gasteiger partial charge in [0.1, 0.15) is 11.6 Å². The molecule has 1 aliphatic carbocycles. The second-order valence-electron chi connectivity index (χ2n) is 7.59. The average Bonchev–Trinajstić information content (AvgIpc) is 3.24. The Bertz CT molecular complexity index is 999. The third-order valence-corrected chi connectivity index (χ3v) is 5.37. The molecule has 1 saturated carbocycles. The molecular weight excluding hydrogens is 328 g/mol. The Balaban J connectivity index is 1.35. The minimum atomic E-state index is 0.134. The second kappa shape index (κ2) is 5.65. The fourth-order valence-electron chi connectivity index (χ4n) is 3.95. The van der Waals surface area contributed by atoms with Gasteiger partial charge in [-0.3, -0.25) is 4.79 Å². The number of aryl methyl sites for hydroxylation is 1. The van der Waals surface area contributed by atoms with E-state index in [-0.39, 0.29) is 11.9 Å². The molecule has 134 valence electrons. The van der Waals surface area contributed by atoms with Crippen LogP contribution in [-0.4, -0.2) is 42.1 Å². The van der Waals surface area contributed by atoms with Gasteiger partial charge in [-0.15, -0.1) is 10.2 Å². The quantitative estimate of drug-likeness (QED) is 0.787. The van der Waals surface area contributed by atoms with Crippen LogP contribution < -0.4 is 0 Å². The second-order valence-corrected chi connectivity index (χ2v) is 7.59. The van der Waals surface area contributed by atoms with E-state index in [1.54, 1.807) is 0 Å². The van der Waals surface area contributed by atoms with Crippen LogP contribution in [0.15, 0.2) is 18.2 Å². The Morgan fingerprint density at radius 2 is 2.15 bits per heavy atom. The number of hydrogen-bond donors (Lipinski definition) is 1. The van der Waals surface area contributed by atoms with E-state index < -0.39 is 0 Å². The van der Waals surface area contributed by atoms with Gasteiger partial charge in [-0.2, -0.15) is 0 Å².